The maximum atomic E-state index is 5.35. The number of thiophene rings is 1. The van der Waals surface area contributed by atoms with Crippen LogP contribution in [-0.2, 0) is 6.42 Å². The van der Waals surface area contributed by atoms with Crippen LogP contribution in [0.4, 0.5) is 11.8 Å². The van der Waals surface area contributed by atoms with Crippen molar-refractivity contribution in [1.82, 2.24) is 9.97 Å². The van der Waals surface area contributed by atoms with Crippen molar-refractivity contribution < 1.29 is 0 Å². The third kappa shape index (κ3) is 1.94. The highest BCUT2D eigenvalue weighted by Gasteiger charge is 2.09. The number of hydrogen-bond acceptors (Lipinski definition) is 6. The summed E-state index contributed by atoms with van der Waals surface area (Å²) in [5, 5.41) is 4.29. The Labute approximate surface area is 98.1 Å². The zero-order valence-electron chi connectivity index (χ0n) is 9.37. The number of rotatable bonds is 4. The number of nitrogens with two attached hydrogens (primary N) is 1. The lowest BCUT2D eigenvalue weighted by atomic mass is 10.3. The summed E-state index contributed by atoms with van der Waals surface area (Å²) in [7, 11) is 0. The van der Waals surface area contributed by atoms with Gasteiger partial charge in [-0.2, -0.15) is 4.98 Å². The number of hydrazine groups is 1. The summed E-state index contributed by atoms with van der Waals surface area (Å²) < 4.78 is 0. The third-order valence-corrected chi connectivity index (χ3v) is 3.44. The molecule has 0 radical (unpaired) electrons. The fraction of sp³-hybridized carbons (Fsp3) is 0.400. The average Bonchev–Trinajstić information content (AvgIpc) is 2.72. The first-order chi connectivity index (χ1) is 7.78. The van der Waals surface area contributed by atoms with Crippen LogP contribution in [0.1, 0.15) is 18.7 Å². The van der Waals surface area contributed by atoms with Gasteiger partial charge in [0.2, 0.25) is 5.95 Å². The number of nitrogens with zero attached hydrogens (tertiary/aromatic N) is 2. The van der Waals surface area contributed by atoms with Crippen molar-refractivity contribution in [2.24, 2.45) is 5.84 Å². The molecule has 86 valence electrons. The Balaban J connectivity index is 2.59. The molecule has 2 heterocycles. The van der Waals surface area contributed by atoms with Gasteiger partial charge >= 0.3 is 0 Å². The first-order valence-electron chi connectivity index (χ1n) is 5.29. The van der Waals surface area contributed by atoms with E-state index in [4.69, 9.17) is 5.84 Å². The number of aryl methyl sites for hydroxylation is 1. The highest BCUT2D eigenvalue weighted by molar-refractivity contribution is 7.18. The molecule has 0 aliphatic heterocycles. The Morgan fingerprint density at radius 3 is 2.81 bits per heavy atom. The Bertz CT molecular complexity index is 493. The molecule has 5 nitrogen and oxygen atoms in total. The minimum atomic E-state index is 0.452. The van der Waals surface area contributed by atoms with Gasteiger partial charge in [-0.25, -0.2) is 10.8 Å². The smallest absolute Gasteiger partial charge is 0.240 e. The second-order valence-electron chi connectivity index (χ2n) is 3.36. The Morgan fingerprint density at radius 1 is 1.38 bits per heavy atom. The molecule has 16 heavy (non-hydrogen) atoms. The van der Waals surface area contributed by atoms with E-state index in [1.165, 1.54) is 4.88 Å². The van der Waals surface area contributed by atoms with E-state index in [2.05, 4.69) is 33.7 Å². The zero-order chi connectivity index (χ0) is 11.5. The van der Waals surface area contributed by atoms with E-state index in [-0.39, 0.29) is 0 Å². The van der Waals surface area contributed by atoms with Gasteiger partial charge in [0.25, 0.3) is 0 Å². The van der Waals surface area contributed by atoms with E-state index in [0.29, 0.717) is 5.95 Å². The van der Waals surface area contributed by atoms with Crippen molar-refractivity contribution >= 4 is 33.3 Å². The first-order valence-corrected chi connectivity index (χ1v) is 6.11. The van der Waals surface area contributed by atoms with E-state index >= 15 is 0 Å². The quantitative estimate of drug-likeness (QED) is 0.560. The maximum Gasteiger partial charge on any atom is 0.240 e. The van der Waals surface area contributed by atoms with Crippen molar-refractivity contribution in [3.8, 4) is 0 Å². The second kappa shape index (κ2) is 4.63. The lowest BCUT2D eigenvalue weighted by Crippen LogP contribution is -2.11. The molecule has 0 aromatic carbocycles. The SMILES string of the molecule is CCNc1nc(NN)nc2sc(CC)cc12. The van der Waals surface area contributed by atoms with Gasteiger partial charge in [0, 0.05) is 11.4 Å². The van der Waals surface area contributed by atoms with E-state index < -0.39 is 0 Å². The van der Waals surface area contributed by atoms with E-state index in [0.717, 1.165) is 29.0 Å². The Morgan fingerprint density at radius 2 is 2.19 bits per heavy atom. The molecule has 0 bridgehead atoms. The summed E-state index contributed by atoms with van der Waals surface area (Å²) in [5.74, 6) is 6.64. The van der Waals surface area contributed by atoms with Gasteiger partial charge < -0.3 is 5.32 Å². The molecule has 0 unspecified atom stereocenters. The predicted molar refractivity (Wildman–Crippen MR) is 68.8 cm³/mol. The largest absolute Gasteiger partial charge is 0.370 e. The number of nitrogen functional groups attached to an aromatic ring is 1. The van der Waals surface area contributed by atoms with Gasteiger partial charge in [0.1, 0.15) is 10.6 Å². The highest BCUT2D eigenvalue weighted by Crippen LogP contribution is 2.30. The van der Waals surface area contributed by atoms with Crippen LogP contribution in [0.2, 0.25) is 0 Å². The summed E-state index contributed by atoms with van der Waals surface area (Å²) in [6.45, 7) is 5.00. The number of fused-ring (bicyclic) bond motifs is 1. The fourth-order valence-corrected chi connectivity index (χ4v) is 2.48. The Kier molecular flexibility index (Phi) is 3.21. The number of hydrogen-bond donors (Lipinski definition) is 3. The van der Waals surface area contributed by atoms with Crippen molar-refractivity contribution in [3.05, 3.63) is 10.9 Å². The van der Waals surface area contributed by atoms with Crippen LogP contribution >= 0.6 is 11.3 Å². The molecule has 0 aliphatic carbocycles. The fourth-order valence-electron chi connectivity index (χ4n) is 1.51. The minimum Gasteiger partial charge on any atom is -0.370 e. The van der Waals surface area contributed by atoms with Gasteiger partial charge in [0.05, 0.1) is 5.39 Å². The maximum absolute atomic E-state index is 5.35. The molecule has 2 aromatic rings. The van der Waals surface area contributed by atoms with Crippen molar-refractivity contribution in [3.63, 3.8) is 0 Å². The molecule has 2 aromatic heterocycles. The first kappa shape index (κ1) is 11.1. The number of aromatic nitrogens is 2. The second-order valence-corrected chi connectivity index (χ2v) is 4.47. The summed E-state index contributed by atoms with van der Waals surface area (Å²) in [4.78, 5) is 10.9. The molecule has 4 N–H and O–H groups in total. The normalized spacial score (nSPS) is 10.7. The lowest BCUT2D eigenvalue weighted by molar-refractivity contribution is 1.12. The van der Waals surface area contributed by atoms with Gasteiger partial charge in [-0.3, -0.25) is 5.43 Å². The van der Waals surface area contributed by atoms with Crippen molar-refractivity contribution in [2.45, 2.75) is 20.3 Å². The van der Waals surface area contributed by atoms with Crippen molar-refractivity contribution in [1.29, 1.82) is 0 Å². The van der Waals surface area contributed by atoms with E-state index in [1.54, 1.807) is 11.3 Å². The van der Waals surface area contributed by atoms with Gasteiger partial charge in [-0.1, -0.05) is 6.92 Å². The summed E-state index contributed by atoms with van der Waals surface area (Å²) in [6, 6.07) is 2.14. The highest BCUT2D eigenvalue weighted by atomic mass is 32.1. The van der Waals surface area contributed by atoms with Crippen LogP contribution in [0.25, 0.3) is 10.2 Å². The van der Waals surface area contributed by atoms with Crippen molar-refractivity contribution in [2.75, 3.05) is 17.3 Å². The molecule has 0 spiro atoms. The van der Waals surface area contributed by atoms with Crippen LogP contribution in [0.3, 0.4) is 0 Å². The molecule has 0 amide bonds. The lowest BCUT2D eigenvalue weighted by Gasteiger charge is -2.05. The molecular weight excluding hydrogens is 222 g/mol. The predicted octanol–water partition coefficient (Wildman–Crippen LogP) is 1.97. The minimum absolute atomic E-state index is 0.452. The zero-order valence-corrected chi connectivity index (χ0v) is 10.2. The van der Waals surface area contributed by atoms with Crippen LogP contribution < -0.4 is 16.6 Å². The number of nitrogens with one attached hydrogen (secondary N) is 2. The van der Waals surface area contributed by atoms with Gasteiger partial charge in [0.15, 0.2) is 0 Å². The van der Waals surface area contributed by atoms with E-state index in [9.17, 15) is 0 Å². The van der Waals surface area contributed by atoms with Crippen LogP contribution in [0.15, 0.2) is 6.07 Å². The molecule has 0 saturated heterocycles. The molecule has 6 heteroatoms. The molecular formula is C10H15N5S. The molecule has 0 aliphatic rings. The van der Waals surface area contributed by atoms with Crippen LogP contribution in [-0.4, -0.2) is 16.5 Å². The van der Waals surface area contributed by atoms with Crippen LogP contribution in [0.5, 0.6) is 0 Å². The molecule has 0 atom stereocenters. The molecule has 0 saturated carbocycles. The summed E-state index contributed by atoms with van der Waals surface area (Å²) in [6.07, 6.45) is 1.01. The van der Waals surface area contributed by atoms with E-state index in [1.807, 2.05) is 6.92 Å². The van der Waals surface area contributed by atoms with Crippen LogP contribution in [0, 0.1) is 0 Å². The number of anilines is 2. The third-order valence-electron chi connectivity index (χ3n) is 2.27. The average molecular weight is 237 g/mol. The molecule has 2 rings (SSSR count). The summed E-state index contributed by atoms with van der Waals surface area (Å²) in [5.41, 5.74) is 2.49. The van der Waals surface area contributed by atoms with Gasteiger partial charge in [-0.05, 0) is 19.4 Å². The molecule has 0 fully saturated rings. The topological polar surface area (TPSA) is 75.9 Å². The standard InChI is InChI=1S/C10H15N5S/c1-3-6-5-7-8(12-4-2)13-10(15-11)14-9(7)16-6/h5H,3-4,11H2,1-2H3,(H2,12,13,14,15). The Hall–Kier alpha value is -1.40. The monoisotopic (exact) mass is 237 g/mol. The van der Waals surface area contributed by atoms with Gasteiger partial charge in [-0.15, -0.1) is 11.3 Å². The summed E-state index contributed by atoms with van der Waals surface area (Å²) >= 11 is 1.68.